The average molecular weight is 369 g/mol. The van der Waals surface area contributed by atoms with Crippen molar-refractivity contribution in [3.8, 4) is 17.2 Å². The Hall–Kier alpha value is -2.69. The number of fused-ring (bicyclic) bond motifs is 1. The molecule has 1 heterocycles. The lowest BCUT2D eigenvalue weighted by Crippen LogP contribution is -2.36. The molecule has 1 unspecified atom stereocenters. The van der Waals surface area contributed by atoms with E-state index in [1.54, 1.807) is 21.3 Å². The van der Waals surface area contributed by atoms with Crippen LogP contribution < -0.4 is 14.2 Å². The third kappa shape index (κ3) is 4.18. The highest BCUT2D eigenvalue weighted by molar-refractivity contribution is 5.77. The molecule has 0 N–H and O–H groups in total. The smallest absolute Gasteiger partial charge is 0.223 e. The van der Waals surface area contributed by atoms with E-state index in [0.29, 0.717) is 18.7 Å². The normalized spacial score (nSPS) is 14.3. The minimum atomic E-state index is 0.162. The molecule has 5 nitrogen and oxygen atoms in total. The Morgan fingerprint density at radius 3 is 2.22 bits per heavy atom. The number of rotatable bonds is 6. The van der Waals surface area contributed by atoms with Crippen molar-refractivity contribution in [2.24, 2.45) is 0 Å². The Morgan fingerprint density at radius 1 is 1.00 bits per heavy atom. The molecule has 0 saturated heterocycles. The van der Waals surface area contributed by atoms with Crippen LogP contribution in [0.25, 0.3) is 0 Å². The summed E-state index contributed by atoms with van der Waals surface area (Å²) in [5, 5.41) is 0. The van der Waals surface area contributed by atoms with Gasteiger partial charge < -0.3 is 19.1 Å². The van der Waals surface area contributed by atoms with Crippen molar-refractivity contribution < 1.29 is 19.0 Å². The van der Waals surface area contributed by atoms with E-state index < -0.39 is 0 Å². The van der Waals surface area contributed by atoms with Crippen LogP contribution >= 0.6 is 0 Å². The van der Waals surface area contributed by atoms with Crippen molar-refractivity contribution in [1.82, 2.24) is 4.90 Å². The molecule has 0 fully saturated rings. The molecule has 2 aromatic rings. The van der Waals surface area contributed by atoms with Crippen LogP contribution in [-0.2, 0) is 17.8 Å². The fraction of sp³-hybridized carbons (Fsp3) is 0.409. The fourth-order valence-corrected chi connectivity index (χ4v) is 3.54. The molecular formula is C22H27NO4. The standard InChI is InChI=1S/C22H27NO4/c1-15(16-5-7-19(25-2)8-6-16)11-22(24)23-10-9-17-12-20(26-3)21(27-4)13-18(17)14-23/h5-8,12-13,15H,9-11,14H2,1-4H3. The van der Waals surface area contributed by atoms with Gasteiger partial charge in [0.05, 0.1) is 21.3 Å². The first-order chi connectivity index (χ1) is 13.0. The molecule has 0 saturated carbocycles. The van der Waals surface area contributed by atoms with Crippen LogP contribution in [0, 0.1) is 0 Å². The maximum Gasteiger partial charge on any atom is 0.223 e. The van der Waals surface area contributed by atoms with Gasteiger partial charge in [-0.05, 0) is 53.3 Å². The SMILES string of the molecule is COc1ccc(C(C)CC(=O)N2CCc3cc(OC)c(OC)cc3C2)cc1. The van der Waals surface area contributed by atoms with Gasteiger partial charge in [0.2, 0.25) is 5.91 Å². The quantitative estimate of drug-likeness (QED) is 0.777. The summed E-state index contributed by atoms with van der Waals surface area (Å²) >= 11 is 0. The van der Waals surface area contributed by atoms with E-state index in [4.69, 9.17) is 14.2 Å². The second-order valence-corrected chi connectivity index (χ2v) is 6.92. The maximum atomic E-state index is 12.8. The summed E-state index contributed by atoms with van der Waals surface area (Å²) in [6.45, 7) is 3.44. The molecule has 27 heavy (non-hydrogen) atoms. The Morgan fingerprint density at radius 2 is 1.63 bits per heavy atom. The molecule has 1 aliphatic rings. The summed E-state index contributed by atoms with van der Waals surface area (Å²) < 4.78 is 16.0. The zero-order chi connectivity index (χ0) is 19.4. The Bertz CT molecular complexity index is 801. The largest absolute Gasteiger partial charge is 0.497 e. The number of ether oxygens (including phenoxy) is 3. The second-order valence-electron chi connectivity index (χ2n) is 6.92. The van der Waals surface area contributed by atoms with E-state index >= 15 is 0 Å². The van der Waals surface area contributed by atoms with E-state index in [-0.39, 0.29) is 11.8 Å². The first kappa shape index (κ1) is 19.1. The van der Waals surface area contributed by atoms with Crippen molar-refractivity contribution in [2.45, 2.75) is 32.2 Å². The molecule has 5 heteroatoms. The highest BCUT2D eigenvalue weighted by Crippen LogP contribution is 2.33. The van der Waals surface area contributed by atoms with Crippen molar-refractivity contribution >= 4 is 5.91 Å². The predicted octanol–water partition coefficient (Wildman–Crippen LogP) is 3.79. The van der Waals surface area contributed by atoms with Crippen LogP contribution in [0.2, 0.25) is 0 Å². The first-order valence-corrected chi connectivity index (χ1v) is 9.21. The number of hydrogen-bond acceptors (Lipinski definition) is 4. The lowest BCUT2D eigenvalue weighted by molar-refractivity contribution is -0.132. The molecule has 1 atom stereocenters. The van der Waals surface area contributed by atoms with Gasteiger partial charge in [-0.25, -0.2) is 0 Å². The van der Waals surface area contributed by atoms with Gasteiger partial charge in [0.25, 0.3) is 0 Å². The highest BCUT2D eigenvalue weighted by Gasteiger charge is 2.24. The number of nitrogens with zero attached hydrogens (tertiary/aromatic N) is 1. The van der Waals surface area contributed by atoms with Crippen molar-refractivity contribution in [3.63, 3.8) is 0 Å². The zero-order valence-electron chi connectivity index (χ0n) is 16.5. The van der Waals surface area contributed by atoms with E-state index in [1.807, 2.05) is 41.3 Å². The topological polar surface area (TPSA) is 48.0 Å². The second kappa shape index (κ2) is 8.33. The Balaban J connectivity index is 1.68. The van der Waals surface area contributed by atoms with Gasteiger partial charge in [-0.2, -0.15) is 0 Å². The number of carbonyl (C=O) groups excluding carboxylic acids is 1. The minimum absolute atomic E-state index is 0.162. The monoisotopic (exact) mass is 369 g/mol. The van der Waals surface area contributed by atoms with Crippen molar-refractivity contribution in [3.05, 3.63) is 53.1 Å². The van der Waals surface area contributed by atoms with Gasteiger partial charge in [0, 0.05) is 19.5 Å². The average Bonchev–Trinajstić information content (AvgIpc) is 2.72. The summed E-state index contributed by atoms with van der Waals surface area (Å²) in [5.74, 6) is 2.62. The van der Waals surface area contributed by atoms with Gasteiger partial charge in [-0.3, -0.25) is 4.79 Å². The van der Waals surface area contributed by atoms with Gasteiger partial charge in [0.15, 0.2) is 11.5 Å². The van der Waals surface area contributed by atoms with Crippen molar-refractivity contribution in [2.75, 3.05) is 27.9 Å². The molecule has 144 valence electrons. The van der Waals surface area contributed by atoms with Crippen molar-refractivity contribution in [1.29, 1.82) is 0 Å². The summed E-state index contributed by atoms with van der Waals surface area (Å²) in [7, 11) is 4.93. The molecule has 2 aromatic carbocycles. The molecule has 1 aliphatic heterocycles. The van der Waals surface area contributed by atoms with Crippen LogP contribution in [0.4, 0.5) is 0 Å². The summed E-state index contributed by atoms with van der Waals surface area (Å²) in [4.78, 5) is 14.8. The Kier molecular flexibility index (Phi) is 5.89. The fourth-order valence-electron chi connectivity index (χ4n) is 3.54. The Labute approximate surface area is 160 Å². The summed E-state index contributed by atoms with van der Waals surface area (Å²) in [5.41, 5.74) is 3.50. The number of hydrogen-bond donors (Lipinski definition) is 0. The lowest BCUT2D eigenvalue weighted by atomic mass is 9.95. The van der Waals surface area contributed by atoms with E-state index in [9.17, 15) is 4.79 Å². The van der Waals surface area contributed by atoms with Crippen LogP contribution in [0.1, 0.15) is 36.0 Å². The van der Waals surface area contributed by atoms with Crippen LogP contribution in [0.15, 0.2) is 36.4 Å². The third-order valence-corrected chi connectivity index (χ3v) is 5.24. The van der Waals surface area contributed by atoms with Crippen LogP contribution in [0.5, 0.6) is 17.2 Å². The molecule has 3 rings (SSSR count). The summed E-state index contributed by atoms with van der Waals surface area (Å²) in [6.07, 6.45) is 1.33. The maximum absolute atomic E-state index is 12.8. The first-order valence-electron chi connectivity index (χ1n) is 9.21. The van der Waals surface area contributed by atoms with Gasteiger partial charge in [0.1, 0.15) is 5.75 Å². The zero-order valence-corrected chi connectivity index (χ0v) is 16.5. The van der Waals surface area contributed by atoms with E-state index in [2.05, 4.69) is 6.92 Å². The van der Waals surface area contributed by atoms with E-state index in [0.717, 1.165) is 35.6 Å². The van der Waals surface area contributed by atoms with Crippen LogP contribution in [0.3, 0.4) is 0 Å². The summed E-state index contributed by atoms with van der Waals surface area (Å²) in [6, 6.07) is 11.9. The van der Waals surface area contributed by atoms with Gasteiger partial charge in [-0.15, -0.1) is 0 Å². The number of methoxy groups -OCH3 is 3. The highest BCUT2D eigenvalue weighted by atomic mass is 16.5. The predicted molar refractivity (Wildman–Crippen MR) is 105 cm³/mol. The number of benzene rings is 2. The minimum Gasteiger partial charge on any atom is -0.497 e. The molecular weight excluding hydrogens is 342 g/mol. The molecule has 0 aliphatic carbocycles. The van der Waals surface area contributed by atoms with Crippen LogP contribution in [-0.4, -0.2) is 38.7 Å². The molecule has 0 radical (unpaired) electrons. The van der Waals surface area contributed by atoms with Gasteiger partial charge in [-0.1, -0.05) is 19.1 Å². The molecule has 0 aromatic heterocycles. The number of carbonyl (C=O) groups is 1. The number of amides is 1. The van der Waals surface area contributed by atoms with E-state index in [1.165, 1.54) is 5.56 Å². The molecule has 0 spiro atoms. The molecule has 0 bridgehead atoms. The molecule has 1 amide bonds. The third-order valence-electron chi connectivity index (χ3n) is 5.24. The van der Waals surface area contributed by atoms with Gasteiger partial charge >= 0.3 is 0 Å². The lowest BCUT2D eigenvalue weighted by Gasteiger charge is -2.30.